The van der Waals surface area contributed by atoms with Crippen LogP contribution in [0.15, 0.2) is 60.3 Å². The van der Waals surface area contributed by atoms with Crippen LogP contribution in [0, 0.1) is 18.3 Å². The first kappa shape index (κ1) is 17.0. The SMILES string of the molecule is CC(=O)c1ccc(N/C=C(/C#N)C(=O)Nc2cccc(C)c2)cc1. The maximum absolute atomic E-state index is 12.1. The average molecular weight is 319 g/mol. The maximum Gasteiger partial charge on any atom is 0.267 e. The molecule has 2 aromatic rings. The Morgan fingerprint density at radius 2 is 1.79 bits per heavy atom. The highest BCUT2D eigenvalue weighted by molar-refractivity contribution is 6.06. The van der Waals surface area contributed by atoms with Gasteiger partial charge in [-0.05, 0) is 55.8 Å². The molecule has 0 unspecified atom stereocenters. The molecule has 0 heterocycles. The van der Waals surface area contributed by atoms with Crippen molar-refractivity contribution in [2.75, 3.05) is 10.6 Å². The summed E-state index contributed by atoms with van der Waals surface area (Å²) < 4.78 is 0. The number of carbonyl (C=O) groups is 2. The lowest BCUT2D eigenvalue weighted by atomic mass is 10.1. The molecule has 0 atom stereocenters. The zero-order chi connectivity index (χ0) is 17.5. The van der Waals surface area contributed by atoms with Gasteiger partial charge in [-0.3, -0.25) is 9.59 Å². The zero-order valence-corrected chi connectivity index (χ0v) is 13.5. The Morgan fingerprint density at radius 3 is 2.38 bits per heavy atom. The zero-order valence-electron chi connectivity index (χ0n) is 13.5. The summed E-state index contributed by atoms with van der Waals surface area (Å²) in [6.45, 7) is 3.41. The number of nitriles is 1. The minimum absolute atomic E-state index is 0.0210. The van der Waals surface area contributed by atoms with Gasteiger partial charge in [0.2, 0.25) is 0 Å². The minimum atomic E-state index is -0.490. The molecule has 5 heteroatoms. The van der Waals surface area contributed by atoms with E-state index in [1.165, 1.54) is 13.1 Å². The van der Waals surface area contributed by atoms with Gasteiger partial charge in [-0.25, -0.2) is 0 Å². The number of Topliss-reactive ketones (excluding diaryl/α,β-unsaturated/α-hetero) is 1. The lowest BCUT2D eigenvalue weighted by Crippen LogP contribution is -2.14. The number of hydrogen-bond donors (Lipinski definition) is 2. The van der Waals surface area contributed by atoms with Crippen LogP contribution in [-0.4, -0.2) is 11.7 Å². The first-order valence-corrected chi connectivity index (χ1v) is 7.35. The van der Waals surface area contributed by atoms with Crippen LogP contribution in [0.3, 0.4) is 0 Å². The number of amides is 1. The summed E-state index contributed by atoms with van der Waals surface area (Å²) in [4.78, 5) is 23.4. The van der Waals surface area contributed by atoms with Crippen molar-refractivity contribution in [1.29, 1.82) is 5.26 Å². The molecule has 0 aromatic heterocycles. The molecule has 0 aliphatic rings. The maximum atomic E-state index is 12.1. The van der Waals surface area contributed by atoms with Gasteiger partial charge in [-0.2, -0.15) is 5.26 Å². The standard InChI is InChI=1S/C19H17N3O2/c1-13-4-3-5-18(10-13)22-19(24)16(11-20)12-21-17-8-6-15(7-9-17)14(2)23/h3-10,12,21H,1-2H3,(H,22,24)/b16-12-. The average Bonchev–Trinajstić information content (AvgIpc) is 2.56. The van der Waals surface area contributed by atoms with Crippen LogP contribution in [0.5, 0.6) is 0 Å². The molecular formula is C19H17N3O2. The van der Waals surface area contributed by atoms with E-state index in [9.17, 15) is 9.59 Å². The van der Waals surface area contributed by atoms with Gasteiger partial charge in [0.1, 0.15) is 11.6 Å². The van der Waals surface area contributed by atoms with E-state index in [2.05, 4.69) is 10.6 Å². The van der Waals surface area contributed by atoms with Crippen molar-refractivity contribution in [1.82, 2.24) is 0 Å². The predicted octanol–water partition coefficient (Wildman–Crippen LogP) is 3.66. The summed E-state index contributed by atoms with van der Waals surface area (Å²) in [5.41, 5.74) is 2.87. The van der Waals surface area contributed by atoms with Crippen molar-refractivity contribution >= 4 is 23.1 Å². The second-order valence-electron chi connectivity index (χ2n) is 5.27. The molecule has 5 nitrogen and oxygen atoms in total. The fourth-order valence-corrected chi connectivity index (χ4v) is 2.03. The lowest BCUT2D eigenvalue weighted by molar-refractivity contribution is -0.112. The van der Waals surface area contributed by atoms with Crippen molar-refractivity contribution < 1.29 is 9.59 Å². The van der Waals surface area contributed by atoms with E-state index in [-0.39, 0.29) is 11.4 Å². The number of rotatable bonds is 5. The van der Waals surface area contributed by atoms with Crippen molar-refractivity contribution in [3.8, 4) is 6.07 Å². The third-order valence-corrected chi connectivity index (χ3v) is 3.32. The normalized spacial score (nSPS) is 10.6. The quantitative estimate of drug-likeness (QED) is 0.500. The molecule has 0 fully saturated rings. The van der Waals surface area contributed by atoms with Crippen molar-refractivity contribution in [3.63, 3.8) is 0 Å². The van der Waals surface area contributed by atoms with Crippen LogP contribution in [0.25, 0.3) is 0 Å². The van der Waals surface area contributed by atoms with Crippen LogP contribution in [-0.2, 0) is 4.79 Å². The van der Waals surface area contributed by atoms with Gasteiger partial charge < -0.3 is 10.6 Å². The Kier molecular flexibility index (Phi) is 5.48. The molecule has 24 heavy (non-hydrogen) atoms. The first-order chi connectivity index (χ1) is 11.5. The number of aryl methyl sites for hydroxylation is 1. The van der Waals surface area contributed by atoms with Gasteiger partial charge in [0.25, 0.3) is 5.91 Å². The highest BCUT2D eigenvalue weighted by Crippen LogP contribution is 2.13. The molecule has 0 saturated heterocycles. The number of nitrogens with one attached hydrogen (secondary N) is 2. The Balaban J connectivity index is 2.07. The van der Waals surface area contributed by atoms with Crippen LogP contribution in [0.2, 0.25) is 0 Å². The smallest absolute Gasteiger partial charge is 0.267 e. The number of hydrogen-bond acceptors (Lipinski definition) is 4. The van der Waals surface area contributed by atoms with E-state index in [1.807, 2.05) is 31.2 Å². The highest BCUT2D eigenvalue weighted by Gasteiger charge is 2.09. The minimum Gasteiger partial charge on any atom is -0.360 e. The molecule has 0 spiro atoms. The largest absolute Gasteiger partial charge is 0.360 e. The molecule has 1 amide bonds. The van der Waals surface area contributed by atoms with Crippen LogP contribution in [0.1, 0.15) is 22.8 Å². The molecule has 0 bridgehead atoms. The third-order valence-electron chi connectivity index (χ3n) is 3.32. The topological polar surface area (TPSA) is 82.0 Å². The summed E-state index contributed by atoms with van der Waals surface area (Å²) >= 11 is 0. The monoisotopic (exact) mass is 319 g/mol. The fraction of sp³-hybridized carbons (Fsp3) is 0.105. The van der Waals surface area contributed by atoms with Crippen molar-refractivity contribution in [3.05, 3.63) is 71.4 Å². The van der Waals surface area contributed by atoms with E-state index in [0.29, 0.717) is 16.9 Å². The summed E-state index contributed by atoms with van der Waals surface area (Å²) in [6.07, 6.45) is 1.34. The van der Waals surface area contributed by atoms with Crippen LogP contribution in [0.4, 0.5) is 11.4 Å². The molecule has 0 aliphatic carbocycles. The molecule has 2 aromatic carbocycles. The summed E-state index contributed by atoms with van der Waals surface area (Å²) in [7, 11) is 0. The summed E-state index contributed by atoms with van der Waals surface area (Å²) in [6, 6.07) is 16.0. The molecule has 0 saturated carbocycles. The van der Waals surface area contributed by atoms with Crippen molar-refractivity contribution in [2.45, 2.75) is 13.8 Å². The number of anilines is 2. The Morgan fingerprint density at radius 1 is 1.08 bits per heavy atom. The molecule has 0 aliphatic heterocycles. The van der Waals surface area contributed by atoms with Crippen LogP contribution >= 0.6 is 0 Å². The first-order valence-electron chi connectivity index (χ1n) is 7.35. The number of ketones is 1. The number of carbonyl (C=O) groups excluding carboxylic acids is 2. The number of benzene rings is 2. The second kappa shape index (κ2) is 7.75. The molecule has 0 radical (unpaired) electrons. The summed E-state index contributed by atoms with van der Waals surface area (Å²) in [5.74, 6) is -0.511. The van der Waals surface area contributed by atoms with Gasteiger partial charge in [0.15, 0.2) is 5.78 Å². The van der Waals surface area contributed by atoms with E-state index < -0.39 is 5.91 Å². The molecule has 2 N–H and O–H groups in total. The molecule has 120 valence electrons. The number of nitrogens with zero attached hydrogens (tertiary/aromatic N) is 1. The third kappa shape index (κ3) is 4.55. The Labute approximate surface area is 140 Å². The van der Waals surface area contributed by atoms with Gasteiger partial charge >= 0.3 is 0 Å². The molecular weight excluding hydrogens is 302 g/mol. The van der Waals surface area contributed by atoms with E-state index in [4.69, 9.17) is 5.26 Å². The second-order valence-corrected chi connectivity index (χ2v) is 5.27. The van der Waals surface area contributed by atoms with Gasteiger partial charge in [-0.15, -0.1) is 0 Å². The van der Waals surface area contributed by atoms with E-state index in [1.54, 1.807) is 30.3 Å². The van der Waals surface area contributed by atoms with Crippen molar-refractivity contribution in [2.24, 2.45) is 0 Å². The fourth-order valence-electron chi connectivity index (χ4n) is 2.03. The molecule has 2 rings (SSSR count). The van der Waals surface area contributed by atoms with Gasteiger partial charge in [0.05, 0.1) is 0 Å². The van der Waals surface area contributed by atoms with Gasteiger partial charge in [-0.1, -0.05) is 12.1 Å². The Bertz CT molecular complexity index is 830. The predicted molar refractivity (Wildman–Crippen MR) is 93.6 cm³/mol. The van der Waals surface area contributed by atoms with E-state index >= 15 is 0 Å². The lowest BCUT2D eigenvalue weighted by Gasteiger charge is -2.06. The Hall–Kier alpha value is -3.39. The highest BCUT2D eigenvalue weighted by atomic mass is 16.1. The van der Waals surface area contributed by atoms with E-state index in [0.717, 1.165) is 5.56 Å². The van der Waals surface area contributed by atoms with Crippen LogP contribution < -0.4 is 10.6 Å². The van der Waals surface area contributed by atoms with Gasteiger partial charge in [0, 0.05) is 23.1 Å². The summed E-state index contributed by atoms with van der Waals surface area (Å²) in [5, 5.41) is 14.7.